The predicted molar refractivity (Wildman–Crippen MR) is 85.5 cm³/mol. The summed E-state index contributed by atoms with van der Waals surface area (Å²) >= 11 is 11.5. The lowest BCUT2D eigenvalue weighted by Crippen LogP contribution is -2.24. The maximum Gasteiger partial charge on any atom is 0.420 e. The third-order valence-corrected chi connectivity index (χ3v) is 3.66. The van der Waals surface area contributed by atoms with Crippen molar-refractivity contribution in [3.8, 4) is 0 Å². The van der Waals surface area contributed by atoms with E-state index in [9.17, 15) is 14.0 Å². The summed E-state index contributed by atoms with van der Waals surface area (Å²) in [5.41, 5.74) is 1.07. The number of carbonyl (C=O) groups excluding carboxylic acids is 1. The molecular weight excluding hydrogens is 346 g/mol. The van der Waals surface area contributed by atoms with Crippen molar-refractivity contribution < 1.29 is 13.6 Å². The van der Waals surface area contributed by atoms with Gasteiger partial charge in [0, 0.05) is 16.8 Å². The Kier molecular flexibility index (Phi) is 4.11. The van der Waals surface area contributed by atoms with Gasteiger partial charge in [-0.2, -0.15) is 0 Å². The molecule has 5 nitrogen and oxygen atoms in total. The Bertz CT molecular complexity index is 965. The van der Waals surface area contributed by atoms with E-state index in [1.165, 1.54) is 22.8 Å². The Morgan fingerprint density at radius 1 is 1.22 bits per heavy atom. The highest BCUT2D eigenvalue weighted by Crippen LogP contribution is 2.20. The zero-order valence-electron chi connectivity index (χ0n) is 11.5. The summed E-state index contributed by atoms with van der Waals surface area (Å²) in [6.45, 7) is -0.261. The summed E-state index contributed by atoms with van der Waals surface area (Å²) < 4.78 is 19.3. The van der Waals surface area contributed by atoms with E-state index < -0.39 is 17.5 Å². The first-order chi connectivity index (χ1) is 10.9. The predicted octanol–water partition coefficient (Wildman–Crippen LogP) is 3.68. The molecule has 0 saturated carbocycles. The third kappa shape index (κ3) is 3.23. The molecule has 1 heterocycles. The molecule has 1 aromatic heterocycles. The average molecular weight is 355 g/mol. The second kappa shape index (κ2) is 6.06. The van der Waals surface area contributed by atoms with Gasteiger partial charge in [0.1, 0.15) is 12.4 Å². The van der Waals surface area contributed by atoms with Crippen molar-refractivity contribution in [2.24, 2.45) is 0 Å². The molecule has 0 bridgehead atoms. The van der Waals surface area contributed by atoms with Gasteiger partial charge < -0.3 is 9.73 Å². The van der Waals surface area contributed by atoms with Gasteiger partial charge >= 0.3 is 5.76 Å². The van der Waals surface area contributed by atoms with Crippen LogP contribution in [-0.4, -0.2) is 10.5 Å². The van der Waals surface area contributed by atoms with Gasteiger partial charge in [-0.05, 0) is 30.3 Å². The van der Waals surface area contributed by atoms with E-state index in [1.807, 2.05) is 0 Å². The number of benzene rings is 2. The third-order valence-electron chi connectivity index (χ3n) is 3.14. The lowest BCUT2D eigenvalue weighted by Gasteiger charge is -2.06. The van der Waals surface area contributed by atoms with E-state index in [-0.39, 0.29) is 11.6 Å². The van der Waals surface area contributed by atoms with E-state index in [0.717, 1.165) is 6.07 Å². The van der Waals surface area contributed by atoms with Crippen molar-refractivity contribution in [3.63, 3.8) is 0 Å². The molecule has 0 aliphatic heterocycles. The first-order valence-corrected chi connectivity index (χ1v) is 7.23. The van der Waals surface area contributed by atoms with Crippen LogP contribution in [0.15, 0.2) is 45.6 Å². The van der Waals surface area contributed by atoms with E-state index in [4.69, 9.17) is 27.6 Å². The van der Waals surface area contributed by atoms with Gasteiger partial charge in [-0.25, -0.2) is 9.18 Å². The van der Waals surface area contributed by atoms with E-state index >= 15 is 0 Å². The molecule has 0 radical (unpaired) electrons. The van der Waals surface area contributed by atoms with Crippen LogP contribution in [0.3, 0.4) is 0 Å². The number of hydrogen-bond acceptors (Lipinski definition) is 3. The highest BCUT2D eigenvalue weighted by molar-refractivity contribution is 6.31. The maximum absolute atomic E-state index is 13.1. The SMILES string of the molecule is O=C(Cn1c(=O)oc2cc(Cl)ccc21)Nc1ccc(F)c(Cl)c1. The van der Waals surface area contributed by atoms with Crippen molar-refractivity contribution in [1.29, 1.82) is 0 Å². The molecule has 118 valence electrons. The fourth-order valence-electron chi connectivity index (χ4n) is 2.11. The summed E-state index contributed by atoms with van der Waals surface area (Å²) in [6, 6.07) is 8.46. The fraction of sp³-hybridized carbons (Fsp3) is 0.0667. The summed E-state index contributed by atoms with van der Waals surface area (Å²) in [5, 5.41) is 2.85. The standard InChI is InChI=1S/C15H9Cl2FN2O3/c16-8-1-4-12-13(5-8)23-15(22)20(12)7-14(21)19-9-2-3-11(18)10(17)6-9/h1-6H,7H2,(H,19,21). The molecule has 23 heavy (non-hydrogen) atoms. The van der Waals surface area contributed by atoms with Crippen molar-refractivity contribution >= 4 is 45.9 Å². The van der Waals surface area contributed by atoms with Crippen molar-refractivity contribution in [1.82, 2.24) is 4.57 Å². The Morgan fingerprint density at radius 2 is 2.00 bits per heavy atom. The number of aromatic nitrogens is 1. The van der Waals surface area contributed by atoms with Gasteiger partial charge in [-0.15, -0.1) is 0 Å². The summed E-state index contributed by atoms with van der Waals surface area (Å²) in [5.74, 6) is -1.74. The zero-order valence-corrected chi connectivity index (χ0v) is 13.0. The molecule has 0 fully saturated rings. The van der Waals surface area contributed by atoms with Crippen LogP contribution in [-0.2, 0) is 11.3 Å². The number of carbonyl (C=O) groups is 1. The number of nitrogens with zero attached hydrogens (tertiary/aromatic N) is 1. The summed E-state index contributed by atoms with van der Waals surface area (Å²) in [6.07, 6.45) is 0. The van der Waals surface area contributed by atoms with Crippen molar-refractivity contribution in [3.05, 3.63) is 62.8 Å². The molecule has 0 atom stereocenters. The van der Waals surface area contributed by atoms with Crippen LogP contribution in [0.5, 0.6) is 0 Å². The van der Waals surface area contributed by atoms with Crippen molar-refractivity contribution in [2.45, 2.75) is 6.54 Å². The Hall–Kier alpha value is -2.31. The van der Waals surface area contributed by atoms with E-state index in [1.54, 1.807) is 12.1 Å². The lowest BCUT2D eigenvalue weighted by atomic mass is 10.3. The minimum absolute atomic E-state index is 0.108. The molecular formula is C15H9Cl2FN2O3. The number of fused-ring (bicyclic) bond motifs is 1. The minimum atomic E-state index is -0.672. The minimum Gasteiger partial charge on any atom is -0.408 e. The van der Waals surface area contributed by atoms with Crippen LogP contribution < -0.4 is 11.1 Å². The highest BCUT2D eigenvalue weighted by Gasteiger charge is 2.13. The Balaban J connectivity index is 1.84. The molecule has 3 aromatic rings. The normalized spacial score (nSPS) is 10.9. The summed E-state index contributed by atoms with van der Waals surface area (Å²) in [4.78, 5) is 23.9. The first-order valence-electron chi connectivity index (χ1n) is 6.48. The van der Waals surface area contributed by atoms with Crippen LogP contribution >= 0.6 is 23.2 Å². The molecule has 1 amide bonds. The molecule has 3 rings (SSSR count). The largest absolute Gasteiger partial charge is 0.420 e. The van der Waals surface area contributed by atoms with E-state index in [0.29, 0.717) is 21.8 Å². The number of nitrogens with one attached hydrogen (secondary N) is 1. The van der Waals surface area contributed by atoms with Crippen LogP contribution in [0.4, 0.5) is 10.1 Å². The van der Waals surface area contributed by atoms with Crippen molar-refractivity contribution in [2.75, 3.05) is 5.32 Å². The van der Waals surface area contributed by atoms with Gasteiger partial charge in [-0.3, -0.25) is 9.36 Å². The second-order valence-electron chi connectivity index (χ2n) is 4.74. The molecule has 1 N–H and O–H groups in total. The zero-order chi connectivity index (χ0) is 16.6. The van der Waals surface area contributed by atoms with Gasteiger partial charge in [0.05, 0.1) is 10.5 Å². The fourth-order valence-corrected chi connectivity index (χ4v) is 2.45. The number of halogens is 3. The topological polar surface area (TPSA) is 64.2 Å². The molecule has 0 saturated heterocycles. The smallest absolute Gasteiger partial charge is 0.408 e. The van der Waals surface area contributed by atoms with Crippen LogP contribution in [0, 0.1) is 5.82 Å². The average Bonchev–Trinajstić information content (AvgIpc) is 2.78. The molecule has 0 unspecified atom stereocenters. The first kappa shape index (κ1) is 15.6. The Morgan fingerprint density at radius 3 is 2.74 bits per heavy atom. The van der Waals surface area contributed by atoms with Gasteiger partial charge in [0.25, 0.3) is 0 Å². The number of oxazole rings is 1. The number of amides is 1. The molecule has 2 aromatic carbocycles. The van der Waals surface area contributed by atoms with E-state index in [2.05, 4.69) is 5.32 Å². The summed E-state index contributed by atoms with van der Waals surface area (Å²) in [7, 11) is 0. The number of hydrogen-bond donors (Lipinski definition) is 1. The van der Waals surface area contributed by atoms with Crippen LogP contribution in [0.1, 0.15) is 0 Å². The molecule has 0 aliphatic rings. The van der Waals surface area contributed by atoms with Gasteiger partial charge in [-0.1, -0.05) is 23.2 Å². The molecule has 8 heteroatoms. The number of rotatable bonds is 3. The Labute approximate surface area is 139 Å². The molecule has 0 spiro atoms. The maximum atomic E-state index is 13.1. The highest BCUT2D eigenvalue weighted by atomic mass is 35.5. The number of anilines is 1. The monoisotopic (exact) mass is 354 g/mol. The lowest BCUT2D eigenvalue weighted by molar-refractivity contribution is -0.116. The van der Waals surface area contributed by atoms with Gasteiger partial charge in [0.2, 0.25) is 5.91 Å². The molecule has 0 aliphatic carbocycles. The van der Waals surface area contributed by atoms with Crippen LogP contribution in [0.2, 0.25) is 10.0 Å². The second-order valence-corrected chi connectivity index (χ2v) is 5.59. The van der Waals surface area contributed by atoms with Gasteiger partial charge in [0.15, 0.2) is 5.58 Å². The quantitative estimate of drug-likeness (QED) is 0.780. The van der Waals surface area contributed by atoms with Crippen LogP contribution in [0.25, 0.3) is 11.1 Å².